The maximum absolute atomic E-state index is 8.73. The summed E-state index contributed by atoms with van der Waals surface area (Å²) < 4.78 is 5.39. The first-order valence-electron chi connectivity index (χ1n) is 6.11. The summed E-state index contributed by atoms with van der Waals surface area (Å²) >= 11 is 0. The van der Waals surface area contributed by atoms with E-state index in [1.54, 1.807) is 7.11 Å². The highest BCUT2D eigenvalue weighted by molar-refractivity contribution is 5.61. The summed E-state index contributed by atoms with van der Waals surface area (Å²) in [7, 11) is 1.71. The van der Waals surface area contributed by atoms with Gasteiger partial charge in [-0.3, -0.25) is 0 Å². The molecule has 0 aromatic heterocycles. The normalized spacial score (nSPS) is 10.4. The third-order valence-corrected chi connectivity index (χ3v) is 3.13. The van der Waals surface area contributed by atoms with E-state index in [-0.39, 0.29) is 6.61 Å². The molecule has 1 rings (SSSR count). The number of aliphatic hydroxyl groups excluding tert-OH is 1. The van der Waals surface area contributed by atoms with Gasteiger partial charge in [-0.25, -0.2) is 0 Å². The number of benzene rings is 1. The van der Waals surface area contributed by atoms with Crippen LogP contribution in [0.2, 0.25) is 0 Å². The zero-order valence-electron chi connectivity index (χ0n) is 11.3. The van der Waals surface area contributed by atoms with Crippen LogP contribution in [0, 0.1) is 20.8 Å². The van der Waals surface area contributed by atoms with Gasteiger partial charge in [0.25, 0.3) is 0 Å². The molecule has 0 heterocycles. The van der Waals surface area contributed by atoms with E-state index in [0.717, 1.165) is 30.7 Å². The van der Waals surface area contributed by atoms with Gasteiger partial charge in [0.05, 0.1) is 7.11 Å². The van der Waals surface area contributed by atoms with Crippen molar-refractivity contribution in [2.45, 2.75) is 33.6 Å². The number of unbranched alkanes of at least 4 members (excludes halogenated alkanes) is 1. The molecule has 0 fully saturated rings. The first-order chi connectivity index (χ1) is 8.11. The molecule has 1 aromatic carbocycles. The zero-order valence-corrected chi connectivity index (χ0v) is 11.3. The second kappa shape index (κ2) is 6.50. The second-order valence-corrected chi connectivity index (χ2v) is 4.38. The summed E-state index contributed by atoms with van der Waals surface area (Å²) in [6, 6.07) is 2.13. The number of hydrogen-bond donors (Lipinski definition) is 2. The third-order valence-electron chi connectivity index (χ3n) is 3.13. The molecule has 0 saturated heterocycles. The van der Waals surface area contributed by atoms with Crippen LogP contribution in [0.5, 0.6) is 5.75 Å². The van der Waals surface area contributed by atoms with Crippen molar-refractivity contribution in [3.05, 3.63) is 22.8 Å². The Morgan fingerprint density at radius 2 is 1.88 bits per heavy atom. The lowest BCUT2D eigenvalue weighted by molar-refractivity contribution is 0.286. The van der Waals surface area contributed by atoms with E-state index in [9.17, 15) is 0 Å². The summed E-state index contributed by atoms with van der Waals surface area (Å²) in [5.41, 5.74) is 4.74. The van der Waals surface area contributed by atoms with Crippen molar-refractivity contribution >= 4 is 5.69 Å². The van der Waals surface area contributed by atoms with E-state index in [0.29, 0.717) is 0 Å². The van der Waals surface area contributed by atoms with Crippen molar-refractivity contribution in [1.29, 1.82) is 0 Å². The predicted octanol–water partition coefficient (Wildman–Crippen LogP) is 2.80. The Kier molecular flexibility index (Phi) is 5.29. The topological polar surface area (TPSA) is 41.5 Å². The van der Waals surface area contributed by atoms with E-state index in [1.165, 1.54) is 16.8 Å². The minimum Gasteiger partial charge on any atom is -0.496 e. The summed E-state index contributed by atoms with van der Waals surface area (Å²) in [6.45, 7) is 7.41. The van der Waals surface area contributed by atoms with E-state index < -0.39 is 0 Å². The molecule has 2 N–H and O–H groups in total. The molecule has 0 radical (unpaired) electrons. The largest absolute Gasteiger partial charge is 0.496 e. The number of rotatable bonds is 6. The van der Waals surface area contributed by atoms with E-state index >= 15 is 0 Å². The van der Waals surface area contributed by atoms with Crippen molar-refractivity contribution in [3.63, 3.8) is 0 Å². The average molecular weight is 237 g/mol. The SMILES string of the molecule is COc1c(C)cc(NCCCCO)c(C)c1C. The Bertz CT molecular complexity index is 375. The molecule has 0 aliphatic heterocycles. The molecule has 0 amide bonds. The lowest BCUT2D eigenvalue weighted by Crippen LogP contribution is -2.06. The van der Waals surface area contributed by atoms with Gasteiger partial charge >= 0.3 is 0 Å². The number of hydrogen-bond acceptors (Lipinski definition) is 3. The zero-order chi connectivity index (χ0) is 12.8. The van der Waals surface area contributed by atoms with Crippen molar-refractivity contribution < 1.29 is 9.84 Å². The number of aryl methyl sites for hydroxylation is 1. The van der Waals surface area contributed by atoms with E-state index in [1.807, 2.05) is 0 Å². The first kappa shape index (κ1) is 13.8. The molecule has 17 heavy (non-hydrogen) atoms. The van der Waals surface area contributed by atoms with Crippen LogP contribution in [0.15, 0.2) is 6.07 Å². The lowest BCUT2D eigenvalue weighted by Gasteiger charge is -2.16. The molecule has 0 saturated carbocycles. The molecule has 0 unspecified atom stereocenters. The van der Waals surface area contributed by atoms with Gasteiger partial charge in [-0.15, -0.1) is 0 Å². The smallest absolute Gasteiger partial charge is 0.125 e. The first-order valence-corrected chi connectivity index (χ1v) is 6.11. The molecular formula is C14H23NO2. The van der Waals surface area contributed by atoms with Crippen LogP contribution in [0.3, 0.4) is 0 Å². The quantitative estimate of drug-likeness (QED) is 0.748. The van der Waals surface area contributed by atoms with Crippen LogP contribution in [-0.4, -0.2) is 25.4 Å². The minimum absolute atomic E-state index is 0.265. The Morgan fingerprint density at radius 1 is 1.18 bits per heavy atom. The molecular weight excluding hydrogens is 214 g/mol. The molecule has 0 aliphatic rings. The highest BCUT2D eigenvalue weighted by Crippen LogP contribution is 2.31. The number of aliphatic hydroxyl groups is 1. The monoisotopic (exact) mass is 237 g/mol. The lowest BCUT2D eigenvalue weighted by atomic mass is 10.0. The van der Waals surface area contributed by atoms with Crippen LogP contribution in [0.25, 0.3) is 0 Å². The van der Waals surface area contributed by atoms with Crippen LogP contribution < -0.4 is 10.1 Å². The Hall–Kier alpha value is -1.22. The molecule has 0 atom stereocenters. The van der Waals surface area contributed by atoms with Gasteiger partial charge in [0.2, 0.25) is 0 Å². The van der Waals surface area contributed by atoms with Gasteiger partial charge < -0.3 is 15.2 Å². The summed E-state index contributed by atoms with van der Waals surface area (Å²) in [5.74, 6) is 0.975. The standard InChI is InChI=1S/C14H23NO2/c1-10-9-13(15-7-5-6-8-16)11(2)12(3)14(10)17-4/h9,15-16H,5-8H2,1-4H3. The highest BCUT2D eigenvalue weighted by atomic mass is 16.5. The fourth-order valence-electron chi connectivity index (χ4n) is 2.02. The van der Waals surface area contributed by atoms with E-state index in [2.05, 4.69) is 32.2 Å². The third kappa shape index (κ3) is 3.37. The second-order valence-electron chi connectivity index (χ2n) is 4.38. The van der Waals surface area contributed by atoms with Crippen LogP contribution in [-0.2, 0) is 0 Å². The summed E-state index contributed by atoms with van der Waals surface area (Å²) in [4.78, 5) is 0. The van der Waals surface area contributed by atoms with Gasteiger partial charge in [-0.05, 0) is 56.4 Å². The maximum atomic E-state index is 8.73. The Morgan fingerprint density at radius 3 is 2.47 bits per heavy atom. The number of methoxy groups -OCH3 is 1. The molecule has 0 spiro atoms. The van der Waals surface area contributed by atoms with Gasteiger partial charge in [0.15, 0.2) is 0 Å². The molecule has 0 aliphatic carbocycles. The summed E-state index contributed by atoms with van der Waals surface area (Å²) in [6.07, 6.45) is 1.83. The van der Waals surface area contributed by atoms with Crippen LogP contribution >= 0.6 is 0 Å². The van der Waals surface area contributed by atoms with Crippen LogP contribution in [0.4, 0.5) is 5.69 Å². The predicted molar refractivity (Wildman–Crippen MR) is 72.0 cm³/mol. The number of nitrogens with one attached hydrogen (secondary N) is 1. The van der Waals surface area contributed by atoms with Crippen molar-refractivity contribution in [2.24, 2.45) is 0 Å². The van der Waals surface area contributed by atoms with Gasteiger partial charge in [0, 0.05) is 18.8 Å². The number of anilines is 1. The minimum atomic E-state index is 0.265. The molecule has 0 bridgehead atoms. The summed E-state index contributed by atoms with van der Waals surface area (Å²) in [5, 5.41) is 12.1. The maximum Gasteiger partial charge on any atom is 0.125 e. The van der Waals surface area contributed by atoms with Gasteiger partial charge in [0.1, 0.15) is 5.75 Å². The Labute approximate surface area is 104 Å². The van der Waals surface area contributed by atoms with E-state index in [4.69, 9.17) is 9.84 Å². The average Bonchev–Trinajstić information content (AvgIpc) is 2.31. The fraction of sp³-hybridized carbons (Fsp3) is 0.571. The molecule has 96 valence electrons. The van der Waals surface area contributed by atoms with Crippen molar-refractivity contribution in [3.8, 4) is 5.75 Å². The molecule has 1 aromatic rings. The van der Waals surface area contributed by atoms with Gasteiger partial charge in [-0.1, -0.05) is 0 Å². The number of ether oxygens (including phenoxy) is 1. The van der Waals surface area contributed by atoms with Crippen molar-refractivity contribution in [1.82, 2.24) is 0 Å². The fourth-order valence-corrected chi connectivity index (χ4v) is 2.02. The van der Waals surface area contributed by atoms with Gasteiger partial charge in [-0.2, -0.15) is 0 Å². The van der Waals surface area contributed by atoms with Crippen LogP contribution in [0.1, 0.15) is 29.5 Å². The molecule has 3 heteroatoms. The van der Waals surface area contributed by atoms with Crippen molar-refractivity contribution in [2.75, 3.05) is 25.6 Å². The highest BCUT2D eigenvalue weighted by Gasteiger charge is 2.09. The Balaban J connectivity index is 2.80. The molecule has 3 nitrogen and oxygen atoms in total.